The SMILES string of the molecule is CC(N)CN(C)Cc1ccc2c(c1)NC(=O)C(C)O2. The lowest BCUT2D eigenvalue weighted by molar-refractivity contribution is -0.122. The molecule has 0 aliphatic carbocycles. The minimum absolute atomic E-state index is 0.103. The second kappa shape index (κ2) is 5.59. The smallest absolute Gasteiger partial charge is 0.265 e. The molecule has 0 spiro atoms. The number of nitrogens with zero attached hydrogens (tertiary/aromatic N) is 1. The quantitative estimate of drug-likeness (QED) is 0.856. The number of carbonyl (C=O) groups excluding carboxylic acids is 1. The molecule has 1 amide bonds. The van der Waals surface area contributed by atoms with Gasteiger partial charge in [-0.3, -0.25) is 4.79 Å². The third-order valence-electron chi connectivity index (χ3n) is 3.03. The van der Waals surface area contributed by atoms with Crippen molar-refractivity contribution < 1.29 is 9.53 Å². The Bertz CT molecular complexity index is 474. The molecule has 5 nitrogen and oxygen atoms in total. The molecule has 19 heavy (non-hydrogen) atoms. The molecular weight excluding hydrogens is 242 g/mol. The fourth-order valence-electron chi connectivity index (χ4n) is 2.22. The molecule has 0 aromatic heterocycles. The molecule has 0 saturated carbocycles. The Morgan fingerprint density at radius 3 is 2.95 bits per heavy atom. The van der Waals surface area contributed by atoms with Crippen molar-refractivity contribution in [2.75, 3.05) is 18.9 Å². The summed E-state index contributed by atoms with van der Waals surface area (Å²) in [5.74, 6) is 0.624. The van der Waals surface area contributed by atoms with E-state index in [0.29, 0.717) is 0 Å². The number of benzene rings is 1. The Kier molecular flexibility index (Phi) is 4.07. The van der Waals surface area contributed by atoms with Crippen molar-refractivity contribution in [3.8, 4) is 5.75 Å². The van der Waals surface area contributed by atoms with Crippen LogP contribution in [0.25, 0.3) is 0 Å². The molecule has 2 rings (SSSR count). The first-order chi connectivity index (χ1) is 8.95. The van der Waals surface area contributed by atoms with E-state index in [4.69, 9.17) is 10.5 Å². The highest BCUT2D eigenvalue weighted by Gasteiger charge is 2.23. The molecule has 0 bridgehead atoms. The Labute approximate surface area is 113 Å². The summed E-state index contributed by atoms with van der Waals surface area (Å²) in [6, 6.07) is 6.02. The molecule has 1 heterocycles. The first-order valence-corrected chi connectivity index (χ1v) is 6.50. The van der Waals surface area contributed by atoms with E-state index in [9.17, 15) is 4.79 Å². The van der Waals surface area contributed by atoms with Crippen molar-refractivity contribution in [2.24, 2.45) is 5.73 Å². The number of ether oxygens (including phenoxy) is 1. The van der Waals surface area contributed by atoms with Crippen LogP contribution in [-0.2, 0) is 11.3 Å². The van der Waals surface area contributed by atoms with Gasteiger partial charge < -0.3 is 20.7 Å². The zero-order valence-electron chi connectivity index (χ0n) is 11.6. The van der Waals surface area contributed by atoms with Crippen molar-refractivity contribution in [3.63, 3.8) is 0 Å². The van der Waals surface area contributed by atoms with E-state index >= 15 is 0 Å². The van der Waals surface area contributed by atoms with Gasteiger partial charge in [0.2, 0.25) is 0 Å². The molecule has 5 heteroatoms. The van der Waals surface area contributed by atoms with Crippen LogP contribution in [0.5, 0.6) is 5.75 Å². The van der Waals surface area contributed by atoms with E-state index in [1.807, 2.05) is 32.2 Å². The molecule has 0 saturated heterocycles. The fourth-order valence-corrected chi connectivity index (χ4v) is 2.22. The van der Waals surface area contributed by atoms with Crippen LogP contribution in [0, 0.1) is 0 Å². The Hall–Kier alpha value is -1.59. The first kappa shape index (κ1) is 13.8. The molecule has 1 aliphatic rings. The molecule has 1 aromatic rings. The number of fused-ring (bicyclic) bond motifs is 1. The molecule has 1 aromatic carbocycles. The van der Waals surface area contributed by atoms with Gasteiger partial charge in [-0.25, -0.2) is 0 Å². The molecule has 0 radical (unpaired) electrons. The second-order valence-corrected chi connectivity index (χ2v) is 5.25. The summed E-state index contributed by atoms with van der Waals surface area (Å²) in [7, 11) is 2.03. The Balaban J connectivity index is 2.09. The molecule has 2 atom stereocenters. The topological polar surface area (TPSA) is 67.6 Å². The lowest BCUT2D eigenvalue weighted by Gasteiger charge is -2.25. The molecular formula is C14H21N3O2. The maximum Gasteiger partial charge on any atom is 0.265 e. The normalized spacial score (nSPS) is 19.6. The number of nitrogens with two attached hydrogens (primary N) is 1. The predicted octanol–water partition coefficient (Wildman–Crippen LogP) is 1.18. The van der Waals surface area contributed by atoms with Crippen LogP contribution in [-0.4, -0.2) is 36.5 Å². The number of rotatable bonds is 4. The molecule has 0 fully saturated rings. The summed E-state index contributed by atoms with van der Waals surface area (Å²) in [4.78, 5) is 13.7. The van der Waals surface area contributed by atoms with Gasteiger partial charge in [0.25, 0.3) is 5.91 Å². The van der Waals surface area contributed by atoms with E-state index in [-0.39, 0.29) is 11.9 Å². The van der Waals surface area contributed by atoms with Crippen LogP contribution in [0.3, 0.4) is 0 Å². The summed E-state index contributed by atoms with van der Waals surface area (Å²) in [5, 5.41) is 2.86. The number of carbonyl (C=O) groups is 1. The number of anilines is 1. The van der Waals surface area contributed by atoms with Crippen molar-refractivity contribution in [3.05, 3.63) is 23.8 Å². The lowest BCUT2D eigenvalue weighted by Crippen LogP contribution is -2.34. The van der Waals surface area contributed by atoms with E-state index in [0.717, 1.165) is 30.1 Å². The van der Waals surface area contributed by atoms with Gasteiger partial charge in [-0.05, 0) is 38.6 Å². The van der Waals surface area contributed by atoms with Gasteiger partial charge in [0.05, 0.1) is 5.69 Å². The average molecular weight is 263 g/mol. The minimum atomic E-state index is -0.431. The van der Waals surface area contributed by atoms with Crippen LogP contribution >= 0.6 is 0 Å². The van der Waals surface area contributed by atoms with Gasteiger partial charge >= 0.3 is 0 Å². The highest BCUT2D eigenvalue weighted by molar-refractivity contribution is 5.97. The van der Waals surface area contributed by atoms with Crippen LogP contribution in [0.4, 0.5) is 5.69 Å². The standard InChI is InChI=1S/C14H21N3O2/c1-9(15)7-17(3)8-11-4-5-13-12(6-11)16-14(18)10(2)19-13/h4-6,9-10H,7-8,15H2,1-3H3,(H,16,18). The molecule has 3 N–H and O–H groups in total. The molecule has 104 valence electrons. The minimum Gasteiger partial charge on any atom is -0.479 e. The van der Waals surface area contributed by atoms with Crippen molar-refractivity contribution >= 4 is 11.6 Å². The van der Waals surface area contributed by atoms with Crippen LogP contribution in [0.15, 0.2) is 18.2 Å². The van der Waals surface area contributed by atoms with Crippen molar-refractivity contribution in [1.82, 2.24) is 4.90 Å². The van der Waals surface area contributed by atoms with Crippen LogP contribution < -0.4 is 15.8 Å². The summed E-state index contributed by atoms with van der Waals surface area (Å²) >= 11 is 0. The highest BCUT2D eigenvalue weighted by atomic mass is 16.5. The maximum absolute atomic E-state index is 11.6. The zero-order chi connectivity index (χ0) is 14.0. The van der Waals surface area contributed by atoms with Crippen molar-refractivity contribution in [2.45, 2.75) is 32.5 Å². The number of likely N-dealkylation sites (N-methyl/N-ethyl adjacent to an activating group) is 1. The van der Waals surface area contributed by atoms with Gasteiger partial charge in [-0.15, -0.1) is 0 Å². The van der Waals surface area contributed by atoms with Gasteiger partial charge in [0, 0.05) is 19.1 Å². The average Bonchev–Trinajstić information content (AvgIpc) is 2.30. The zero-order valence-corrected chi connectivity index (χ0v) is 11.6. The van der Waals surface area contributed by atoms with E-state index in [1.165, 1.54) is 0 Å². The fraction of sp³-hybridized carbons (Fsp3) is 0.500. The van der Waals surface area contributed by atoms with E-state index in [2.05, 4.69) is 10.2 Å². The monoisotopic (exact) mass is 263 g/mol. The summed E-state index contributed by atoms with van der Waals surface area (Å²) in [6.07, 6.45) is -0.431. The predicted molar refractivity (Wildman–Crippen MR) is 75.1 cm³/mol. The third-order valence-corrected chi connectivity index (χ3v) is 3.03. The number of hydrogen-bond acceptors (Lipinski definition) is 4. The maximum atomic E-state index is 11.6. The van der Waals surface area contributed by atoms with Gasteiger partial charge in [0.1, 0.15) is 5.75 Å². The van der Waals surface area contributed by atoms with Gasteiger partial charge in [0.15, 0.2) is 6.10 Å². The summed E-state index contributed by atoms with van der Waals surface area (Å²) in [6.45, 7) is 5.35. The second-order valence-electron chi connectivity index (χ2n) is 5.25. The van der Waals surface area contributed by atoms with Gasteiger partial charge in [-0.1, -0.05) is 6.07 Å². The number of amides is 1. The molecule has 1 aliphatic heterocycles. The highest BCUT2D eigenvalue weighted by Crippen LogP contribution is 2.30. The summed E-state index contributed by atoms with van der Waals surface area (Å²) in [5.41, 5.74) is 7.64. The lowest BCUT2D eigenvalue weighted by atomic mass is 10.1. The van der Waals surface area contributed by atoms with Crippen LogP contribution in [0.2, 0.25) is 0 Å². The van der Waals surface area contributed by atoms with Gasteiger partial charge in [-0.2, -0.15) is 0 Å². The molecule has 2 unspecified atom stereocenters. The summed E-state index contributed by atoms with van der Waals surface area (Å²) < 4.78 is 5.52. The largest absolute Gasteiger partial charge is 0.479 e. The Morgan fingerprint density at radius 2 is 2.26 bits per heavy atom. The Morgan fingerprint density at radius 1 is 1.53 bits per heavy atom. The van der Waals surface area contributed by atoms with Crippen LogP contribution in [0.1, 0.15) is 19.4 Å². The number of nitrogens with one attached hydrogen (secondary N) is 1. The van der Waals surface area contributed by atoms with E-state index < -0.39 is 6.10 Å². The van der Waals surface area contributed by atoms with E-state index in [1.54, 1.807) is 6.92 Å². The third kappa shape index (κ3) is 3.45. The first-order valence-electron chi connectivity index (χ1n) is 6.50. The number of hydrogen-bond donors (Lipinski definition) is 2. The van der Waals surface area contributed by atoms with Crippen molar-refractivity contribution in [1.29, 1.82) is 0 Å².